The van der Waals surface area contributed by atoms with Gasteiger partial charge in [-0.3, -0.25) is 0 Å². The van der Waals surface area contributed by atoms with Crippen molar-refractivity contribution in [1.29, 1.82) is 0 Å². The first-order valence-corrected chi connectivity index (χ1v) is 18.8. The van der Waals surface area contributed by atoms with Gasteiger partial charge in [0.2, 0.25) is 5.89 Å². The fourth-order valence-corrected chi connectivity index (χ4v) is 8.79. The second-order valence-corrected chi connectivity index (χ2v) is 14.6. The van der Waals surface area contributed by atoms with E-state index in [0.29, 0.717) is 5.89 Å². The molecule has 3 heterocycles. The smallest absolute Gasteiger partial charge is 0.228 e. The van der Waals surface area contributed by atoms with E-state index in [0.717, 1.165) is 61.2 Å². The average Bonchev–Trinajstić information content (AvgIpc) is 3.95. The molecule has 0 aliphatic rings. The van der Waals surface area contributed by atoms with Crippen LogP contribution in [-0.2, 0) is 0 Å². The molecule has 0 spiro atoms. The Bertz CT molecular complexity index is 3120. The van der Waals surface area contributed by atoms with E-state index in [9.17, 15) is 0 Å². The van der Waals surface area contributed by atoms with E-state index < -0.39 is 0 Å². The molecule has 0 saturated carbocycles. The van der Waals surface area contributed by atoms with Crippen molar-refractivity contribution in [1.82, 2.24) is 4.98 Å². The number of rotatable bonds is 6. The normalized spacial score (nSPS) is 11.7. The lowest BCUT2D eigenvalue weighted by Gasteiger charge is -2.26. The van der Waals surface area contributed by atoms with Crippen LogP contribution in [0, 0.1) is 0 Å². The SMILES string of the molecule is c1ccc(-c2ccc(-c3ccc(N(c4ccc5c(c4)oc4cccc(-c6nc7ccccc7o6)c45)c4ccc5sc6ccccc6c5c4)cc3)cc2)cc1. The van der Waals surface area contributed by atoms with Crippen LogP contribution in [0.4, 0.5) is 17.1 Å². The number of oxazole rings is 1. The van der Waals surface area contributed by atoms with E-state index in [1.807, 2.05) is 47.7 Å². The van der Waals surface area contributed by atoms with Gasteiger partial charge in [-0.1, -0.05) is 103 Å². The molecule has 0 radical (unpaired) electrons. The number of fused-ring (bicyclic) bond motifs is 7. The predicted octanol–water partition coefficient (Wildman–Crippen LogP) is 14.6. The monoisotopic (exact) mass is 710 g/mol. The molecule has 11 rings (SSSR count). The maximum Gasteiger partial charge on any atom is 0.228 e. The first-order valence-electron chi connectivity index (χ1n) is 18.0. The van der Waals surface area contributed by atoms with Crippen molar-refractivity contribution in [2.24, 2.45) is 0 Å². The quantitative estimate of drug-likeness (QED) is 0.172. The summed E-state index contributed by atoms with van der Waals surface area (Å²) >= 11 is 1.83. The number of thiophene rings is 1. The molecule has 0 atom stereocenters. The van der Waals surface area contributed by atoms with E-state index in [1.54, 1.807) is 0 Å². The van der Waals surface area contributed by atoms with Crippen molar-refractivity contribution in [3.63, 3.8) is 0 Å². The van der Waals surface area contributed by atoms with Crippen molar-refractivity contribution in [2.75, 3.05) is 4.90 Å². The molecule has 0 aliphatic carbocycles. The maximum absolute atomic E-state index is 6.59. The second-order valence-electron chi connectivity index (χ2n) is 13.6. The highest BCUT2D eigenvalue weighted by molar-refractivity contribution is 7.25. The molecule has 4 nitrogen and oxygen atoms in total. The van der Waals surface area contributed by atoms with Gasteiger partial charge in [-0.25, -0.2) is 4.98 Å². The van der Waals surface area contributed by atoms with E-state index in [-0.39, 0.29) is 0 Å². The van der Waals surface area contributed by atoms with Crippen LogP contribution in [0.3, 0.4) is 0 Å². The molecule has 0 unspecified atom stereocenters. The minimum absolute atomic E-state index is 0.585. The lowest BCUT2D eigenvalue weighted by Crippen LogP contribution is -2.09. The van der Waals surface area contributed by atoms with Gasteiger partial charge in [0.1, 0.15) is 16.7 Å². The highest BCUT2D eigenvalue weighted by Gasteiger charge is 2.20. The summed E-state index contributed by atoms with van der Waals surface area (Å²) in [6.07, 6.45) is 0. The van der Waals surface area contributed by atoms with Crippen molar-refractivity contribution in [2.45, 2.75) is 0 Å². The van der Waals surface area contributed by atoms with Crippen LogP contribution in [0.5, 0.6) is 0 Å². The van der Waals surface area contributed by atoms with Gasteiger partial charge in [-0.05, 0) is 95.1 Å². The van der Waals surface area contributed by atoms with Gasteiger partial charge in [0.25, 0.3) is 0 Å². The Balaban J connectivity index is 1.03. The Kier molecular flexibility index (Phi) is 7.00. The third-order valence-electron chi connectivity index (χ3n) is 10.3. The molecule has 8 aromatic carbocycles. The predicted molar refractivity (Wildman–Crippen MR) is 225 cm³/mol. The van der Waals surface area contributed by atoms with E-state index in [1.165, 1.54) is 36.9 Å². The average molecular weight is 711 g/mol. The zero-order valence-electron chi connectivity index (χ0n) is 28.9. The Morgan fingerprint density at radius 2 is 1.04 bits per heavy atom. The molecule has 0 aliphatic heterocycles. The number of benzene rings is 8. The van der Waals surface area contributed by atoms with E-state index >= 15 is 0 Å². The molecule has 254 valence electrons. The summed E-state index contributed by atoms with van der Waals surface area (Å²) in [5.74, 6) is 0.585. The molecule has 0 fully saturated rings. The van der Waals surface area contributed by atoms with Gasteiger partial charge in [-0.15, -0.1) is 11.3 Å². The molecule has 5 heteroatoms. The molecule has 0 saturated heterocycles. The van der Waals surface area contributed by atoms with Crippen LogP contribution < -0.4 is 4.90 Å². The Hall–Kier alpha value is -6.95. The molecular formula is C49H30N2O2S. The number of para-hydroxylation sites is 2. The second kappa shape index (κ2) is 12.3. The number of anilines is 3. The van der Waals surface area contributed by atoms with Crippen LogP contribution in [0.15, 0.2) is 191 Å². The first kappa shape index (κ1) is 30.7. The largest absolute Gasteiger partial charge is 0.456 e. The number of aromatic nitrogens is 1. The zero-order valence-corrected chi connectivity index (χ0v) is 29.8. The lowest BCUT2D eigenvalue weighted by atomic mass is 10.00. The van der Waals surface area contributed by atoms with Crippen molar-refractivity contribution in [3.05, 3.63) is 182 Å². The standard InChI is InChI=1S/C49H30N2O2S/c1-2-9-31(10-3-1)32-17-19-33(20-18-32)34-21-23-35(24-22-34)51(36-26-28-47-41(29-36)38-11-4-7-16-46(38)54-47)37-25-27-39-45(30-37)52-44-15-8-12-40(48(39)44)49-50-42-13-5-6-14-43(42)53-49/h1-30H. The fraction of sp³-hybridized carbons (Fsp3) is 0. The third-order valence-corrected chi connectivity index (χ3v) is 11.5. The fourth-order valence-electron chi connectivity index (χ4n) is 7.71. The molecule has 54 heavy (non-hydrogen) atoms. The van der Waals surface area contributed by atoms with Gasteiger partial charge in [0.05, 0.1) is 0 Å². The van der Waals surface area contributed by atoms with Gasteiger partial charge in [0, 0.05) is 59.6 Å². The molecule has 3 aromatic heterocycles. The number of furan rings is 1. The van der Waals surface area contributed by atoms with Gasteiger partial charge in [-0.2, -0.15) is 0 Å². The Morgan fingerprint density at radius 1 is 0.407 bits per heavy atom. The summed E-state index contributed by atoms with van der Waals surface area (Å²) in [5, 5.41) is 4.53. The molecular weight excluding hydrogens is 681 g/mol. The minimum atomic E-state index is 0.585. The number of nitrogens with zero attached hydrogens (tertiary/aromatic N) is 2. The number of hydrogen-bond acceptors (Lipinski definition) is 5. The maximum atomic E-state index is 6.59. The molecule has 0 N–H and O–H groups in total. The molecule has 0 bridgehead atoms. The zero-order chi connectivity index (χ0) is 35.6. The van der Waals surface area contributed by atoms with Gasteiger partial charge >= 0.3 is 0 Å². The van der Waals surface area contributed by atoms with Gasteiger partial charge in [0.15, 0.2) is 5.58 Å². The highest BCUT2D eigenvalue weighted by atomic mass is 32.1. The van der Waals surface area contributed by atoms with Crippen LogP contribution >= 0.6 is 11.3 Å². The van der Waals surface area contributed by atoms with Crippen LogP contribution in [-0.4, -0.2) is 4.98 Å². The minimum Gasteiger partial charge on any atom is -0.456 e. The lowest BCUT2D eigenvalue weighted by molar-refractivity contribution is 0.620. The van der Waals surface area contributed by atoms with Crippen LogP contribution in [0.2, 0.25) is 0 Å². The van der Waals surface area contributed by atoms with Crippen LogP contribution in [0.25, 0.3) is 86.9 Å². The van der Waals surface area contributed by atoms with Crippen molar-refractivity contribution >= 4 is 81.6 Å². The molecule has 0 amide bonds. The van der Waals surface area contributed by atoms with Crippen LogP contribution in [0.1, 0.15) is 0 Å². The van der Waals surface area contributed by atoms with E-state index in [2.05, 4.69) is 150 Å². The summed E-state index contributed by atoms with van der Waals surface area (Å²) in [5.41, 5.74) is 12.0. The Morgan fingerprint density at radius 3 is 1.85 bits per heavy atom. The summed E-state index contributed by atoms with van der Waals surface area (Å²) in [6.45, 7) is 0. The Labute approximate surface area is 314 Å². The topological polar surface area (TPSA) is 42.4 Å². The van der Waals surface area contributed by atoms with Gasteiger partial charge < -0.3 is 13.7 Å². The van der Waals surface area contributed by atoms with E-state index in [4.69, 9.17) is 13.8 Å². The van der Waals surface area contributed by atoms with Crippen molar-refractivity contribution < 1.29 is 8.83 Å². The summed E-state index contributed by atoms with van der Waals surface area (Å²) in [4.78, 5) is 7.14. The third kappa shape index (κ3) is 5.09. The summed E-state index contributed by atoms with van der Waals surface area (Å²) < 4.78 is 15.4. The summed E-state index contributed by atoms with van der Waals surface area (Å²) in [6, 6.07) is 64.0. The van der Waals surface area contributed by atoms with Crippen molar-refractivity contribution in [3.8, 4) is 33.7 Å². The highest BCUT2D eigenvalue weighted by Crippen LogP contribution is 2.44. The first-order chi connectivity index (χ1) is 26.7. The number of hydrogen-bond donors (Lipinski definition) is 0. The molecule has 11 aromatic rings. The summed E-state index contributed by atoms with van der Waals surface area (Å²) in [7, 11) is 0.